The van der Waals surface area contributed by atoms with Gasteiger partial charge < -0.3 is 5.32 Å². The third-order valence-electron chi connectivity index (χ3n) is 2.32. The van der Waals surface area contributed by atoms with Gasteiger partial charge in [0.2, 0.25) is 10.0 Å². The van der Waals surface area contributed by atoms with Crippen molar-refractivity contribution in [2.24, 2.45) is 5.14 Å². The van der Waals surface area contributed by atoms with E-state index in [1.807, 2.05) is 0 Å². The number of carbonyl (C=O) groups is 1. The SMILES string of the molecule is NS(=O)(=O)c1cccc(CNC(=O)C(F)(F)C(F)(F)F)c1. The van der Waals surface area contributed by atoms with Crippen LogP contribution in [0.3, 0.4) is 0 Å². The molecular weight excluding hydrogens is 323 g/mol. The number of carbonyl (C=O) groups excluding carboxylic acids is 1. The van der Waals surface area contributed by atoms with Crippen LogP contribution in [0.1, 0.15) is 5.56 Å². The van der Waals surface area contributed by atoms with Crippen LogP contribution in [0.2, 0.25) is 0 Å². The molecule has 0 fully saturated rings. The van der Waals surface area contributed by atoms with E-state index in [1.165, 1.54) is 17.4 Å². The predicted molar refractivity (Wildman–Crippen MR) is 60.7 cm³/mol. The van der Waals surface area contributed by atoms with Crippen LogP contribution < -0.4 is 10.5 Å². The summed E-state index contributed by atoms with van der Waals surface area (Å²) in [6, 6.07) is 4.47. The molecule has 1 amide bonds. The summed E-state index contributed by atoms with van der Waals surface area (Å²) in [6.45, 7) is -0.714. The summed E-state index contributed by atoms with van der Waals surface area (Å²) in [5.41, 5.74) is -0.00662. The Labute approximate surface area is 116 Å². The smallest absolute Gasteiger partial charge is 0.346 e. The summed E-state index contributed by atoms with van der Waals surface area (Å²) >= 11 is 0. The van der Waals surface area contributed by atoms with Crippen LogP contribution in [0.5, 0.6) is 0 Å². The van der Waals surface area contributed by atoms with Crippen molar-refractivity contribution >= 4 is 15.9 Å². The maximum absolute atomic E-state index is 12.6. The first kappa shape index (κ1) is 17.3. The lowest BCUT2D eigenvalue weighted by Gasteiger charge is -2.18. The van der Waals surface area contributed by atoms with Crippen molar-refractivity contribution in [2.45, 2.75) is 23.5 Å². The van der Waals surface area contributed by atoms with Crippen LogP contribution >= 0.6 is 0 Å². The number of sulfonamides is 1. The maximum Gasteiger partial charge on any atom is 0.463 e. The summed E-state index contributed by atoms with van der Waals surface area (Å²) < 4.78 is 83.1. The molecule has 0 saturated carbocycles. The molecule has 0 aromatic heterocycles. The van der Waals surface area contributed by atoms with E-state index in [4.69, 9.17) is 5.14 Å². The van der Waals surface area contributed by atoms with E-state index in [0.717, 1.165) is 12.1 Å². The standard InChI is InChI=1S/C10H9F5N2O3S/c11-9(12,10(13,14)15)8(18)17-5-6-2-1-3-7(4-6)21(16,19)20/h1-4H,5H2,(H,17,18)(H2,16,19,20). The third kappa shape index (κ3) is 4.11. The second-order valence-corrected chi connectivity index (χ2v) is 5.51. The van der Waals surface area contributed by atoms with E-state index >= 15 is 0 Å². The predicted octanol–water partition coefficient (Wildman–Crippen LogP) is 1.15. The normalized spacial score (nSPS) is 13.0. The largest absolute Gasteiger partial charge is 0.463 e. The Balaban J connectivity index is 2.84. The molecule has 5 nitrogen and oxygen atoms in total. The number of rotatable bonds is 4. The van der Waals surface area contributed by atoms with Crippen LogP contribution in [0.25, 0.3) is 0 Å². The molecular formula is C10H9F5N2O3S. The number of benzene rings is 1. The number of halogens is 5. The van der Waals surface area contributed by atoms with Gasteiger partial charge in [-0.25, -0.2) is 13.6 Å². The molecule has 0 bridgehead atoms. The number of hydrogen-bond donors (Lipinski definition) is 2. The van der Waals surface area contributed by atoms with Crippen molar-refractivity contribution in [1.29, 1.82) is 0 Å². The van der Waals surface area contributed by atoms with Gasteiger partial charge in [0.25, 0.3) is 0 Å². The first-order valence-corrected chi connectivity index (χ1v) is 6.75. The Morgan fingerprint density at radius 1 is 1.19 bits per heavy atom. The highest BCUT2D eigenvalue weighted by atomic mass is 32.2. The van der Waals surface area contributed by atoms with Crippen molar-refractivity contribution in [2.75, 3.05) is 0 Å². The molecule has 118 valence electrons. The van der Waals surface area contributed by atoms with E-state index in [-0.39, 0.29) is 10.5 Å². The minimum absolute atomic E-state index is 0.00662. The highest BCUT2D eigenvalue weighted by molar-refractivity contribution is 7.89. The molecule has 3 N–H and O–H groups in total. The zero-order chi connectivity index (χ0) is 16.5. The lowest BCUT2D eigenvalue weighted by atomic mass is 10.2. The molecule has 0 unspecified atom stereocenters. The monoisotopic (exact) mass is 332 g/mol. The van der Waals surface area contributed by atoms with Gasteiger partial charge in [0.1, 0.15) is 0 Å². The minimum Gasteiger partial charge on any atom is -0.346 e. The van der Waals surface area contributed by atoms with Gasteiger partial charge >= 0.3 is 18.0 Å². The van der Waals surface area contributed by atoms with Gasteiger partial charge in [-0.05, 0) is 17.7 Å². The maximum atomic E-state index is 12.6. The molecule has 0 aliphatic rings. The highest BCUT2D eigenvalue weighted by Crippen LogP contribution is 2.35. The van der Waals surface area contributed by atoms with Crippen molar-refractivity contribution in [3.8, 4) is 0 Å². The van der Waals surface area contributed by atoms with E-state index in [2.05, 4.69) is 0 Å². The Kier molecular flexibility index (Phi) is 4.58. The molecule has 21 heavy (non-hydrogen) atoms. The van der Waals surface area contributed by atoms with Gasteiger partial charge in [0, 0.05) is 6.54 Å². The van der Waals surface area contributed by atoms with E-state index < -0.39 is 34.6 Å². The molecule has 0 aliphatic heterocycles. The van der Waals surface area contributed by atoms with Crippen molar-refractivity contribution < 1.29 is 35.2 Å². The van der Waals surface area contributed by atoms with Gasteiger partial charge in [-0.1, -0.05) is 12.1 Å². The zero-order valence-electron chi connectivity index (χ0n) is 10.1. The number of primary sulfonamides is 1. The second kappa shape index (κ2) is 5.56. The van der Waals surface area contributed by atoms with Crippen LogP contribution in [-0.2, 0) is 21.4 Å². The molecule has 11 heteroatoms. The number of nitrogens with two attached hydrogens (primary N) is 1. The minimum atomic E-state index is -6.01. The fraction of sp³-hybridized carbons (Fsp3) is 0.300. The fourth-order valence-corrected chi connectivity index (χ4v) is 1.84. The molecule has 1 rings (SSSR count). The quantitative estimate of drug-likeness (QED) is 0.811. The van der Waals surface area contributed by atoms with Gasteiger partial charge in [0.15, 0.2) is 0 Å². The summed E-state index contributed by atoms with van der Waals surface area (Å²) in [4.78, 5) is 10.5. The van der Waals surface area contributed by atoms with Crippen molar-refractivity contribution in [1.82, 2.24) is 5.32 Å². The van der Waals surface area contributed by atoms with E-state index in [9.17, 15) is 35.2 Å². The fourth-order valence-electron chi connectivity index (χ4n) is 1.25. The first-order chi connectivity index (χ1) is 9.35. The molecule has 0 radical (unpaired) electrons. The first-order valence-electron chi connectivity index (χ1n) is 5.20. The number of nitrogens with one attached hydrogen (secondary N) is 1. The highest BCUT2D eigenvalue weighted by Gasteiger charge is 2.63. The molecule has 1 aromatic rings. The number of amides is 1. The number of hydrogen-bond acceptors (Lipinski definition) is 3. The summed E-state index contributed by atoms with van der Waals surface area (Å²) in [6.07, 6.45) is -6.01. The molecule has 0 saturated heterocycles. The molecule has 0 atom stereocenters. The lowest BCUT2D eigenvalue weighted by Crippen LogP contribution is -2.50. The van der Waals surface area contributed by atoms with Crippen molar-refractivity contribution in [3.05, 3.63) is 29.8 Å². The number of alkyl halides is 5. The van der Waals surface area contributed by atoms with Gasteiger partial charge in [-0.3, -0.25) is 4.79 Å². The average Bonchev–Trinajstić information content (AvgIpc) is 2.33. The van der Waals surface area contributed by atoms with E-state index in [0.29, 0.717) is 0 Å². The van der Waals surface area contributed by atoms with Gasteiger partial charge in [-0.15, -0.1) is 0 Å². The Morgan fingerprint density at radius 2 is 1.76 bits per heavy atom. The van der Waals surface area contributed by atoms with Crippen LogP contribution in [0.4, 0.5) is 22.0 Å². The Bertz CT molecular complexity index is 642. The third-order valence-corrected chi connectivity index (χ3v) is 3.23. The van der Waals surface area contributed by atoms with E-state index in [1.54, 1.807) is 0 Å². The second-order valence-electron chi connectivity index (χ2n) is 3.95. The van der Waals surface area contributed by atoms with Crippen LogP contribution in [0, 0.1) is 0 Å². The molecule has 0 aliphatic carbocycles. The summed E-state index contributed by atoms with van der Waals surface area (Å²) in [5, 5.41) is 6.20. The van der Waals surface area contributed by atoms with Gasteiger partial charge in [0.05, 0.1) is 4.90 Å². The van der Waals surface area contributed by atoms with Crippen molar-refractivity contribution in [3.63, 3.8) is 0 Å². The van der Waals surface area contributed by atoms with Crippen LogP contribution in [-0.4, -0.2) is 26.4 Å². The molecule has 1 aromatic carbocycles. The topological polar surface area (TPSA) is 89.3 Å². The lowest BCUT2D eigenvalue weighted by molar-refractivity contribution is -0.269. The molecule has 0 spiro atoms. The van der Waals surface area contributed by atoms with Gasteiger partial charge in [-0.2, -0.15) is 22.0 Å². The Hall–Kier alpha value is -1.75. The van der Waals surface area contributed by atoms with Crippen LogP contribution in [0.15, 0.2) is 29.2 Å². The average molecular weight is 332 g/mol. The Morgan fingerprint density at radius 3 is 2.24 bits per heavy atom. The summed E-state index contributed by atoms with van der Waals surface area (Å²) in [7, 11) is -4.06. The summed E-state index contributed by atoms with van der Waals surface area (Å²) in [5.74, 6) is -8.07. The molecule has 0 heterocycles. The zero-order valence-corrected chi connectivity index (χ0v) is 10.9.